The molecule has 0 aromatic heterocycles. The molecule has 2 aromatic rings. The molecule has 1 heterocycles. The smallest absolute Gasteiger partial charge is 0.0991 e. The fraction of sp³-hybridized carbons (Fsp3) is 0.263. The van der Waals surface area contributed by atoms with Crippen LogP contribution in [0.25, 0.3) is 0 Å². The highest BCUT2D eigenvalue weighted by molar-refractivity contribution is 6.05. The molecule has 4 rings (SSSR count). The van der Waals surface area contributed by atoms with Gasteiger partial charge in [0, 0.05) is 18.5 Å². The van der Waals surface area contributed by atoms with Gasteiger partial charge < -0.3 is 0 Å². The second kappa shape index (κ2) is 4.99. The van der Waals surface area contributed by atoms with Gasteiger partial charge in [0.25, 0.3) is 0 Å². The van der Waals surface area contributed by atoms with Gasteiger partial charge in [-0.3, -0.25) is 5.01 Å². The van der Waals surface area contributed by atoms with Gasteiger partial charge in [0.2, 0.25) is 0 Å². The van der Waals surface area contributed by atoms with E-state index in [1.165, 1.54) is 22.4 Å². The average molecular weight is 287 g/mol. The quantitative estimate of drug-likeness (QED) is 0.805. The van der Waals surface area contributed by atoms with Gasteiger partial charge in [-0.1, -0.05) is 36.4 Å². The molecule has 1 aliphatic heterocycles. The van der Waals surface area contributed by atoms with Gasteiger partial charge in [0.05, 0.1) is 23.4 Å². The van der Waals surface area contributed by atoms with Crippen molar-refractivity contribution in [3.63, 3.8) is 0 Å². The SMILES string of the molecule is CN1N=C2c3ccccc3CC[C@H]2[C@H]1c1ccc(C#N)cc1. The van der Waals surface area contributed by atoms with E-state index in [0.29, 0.717) is 11.5 Å². The van der Waals surface area contributed by atoms with Gasteiger partial charge in [-0.25, -0.2) is 0 Å². The number of rotatable bonds is 1. The molecule has 0 N–H and O–H groups in total. The van der Waals surface area contributed by atoms with Crippen LogP contribution in [0.5, 0.6) is 0 Å². The van der Waals surface area contributed by atoms with Gasteiger partial charge in [-0.15, -0.1) is 0 Å². The summed E-state index contributed by atoms with van der Waals surface area (Å²) in [5.74, 6) is 0.438. The van der Waals surface area contributed by atoms with Crippen LogP contribution in [0.3, 0.4) is 0 Å². The van der Waals surface area contributed by atoms with Crippen molar-refractivity contribution in [1.29, 1.82) is 5.26 Å². The fourth-order valence-corrected chi connectivity index (χ4v) is 3.77. The van der Waals surface area contributed by atoms with Crippen molar-refractivity contribution in [2.45, 2.75) is 18.9 Å². The lowest BCUT2D eigenvalue weighted by molar-refractivity contribution is 0.244. The zero-order chi connectivity index (χ0) is 15.1. The molecule has 0 spiro atoms. The van der Waals surface area contributed by atoms with E-state index in [1.807, 2.05) is 12.1 Å². The lowest BCUT2D eigenvalue weighted by Crippen LogP contribution is -2.27. The summed E-state index contributed by atoms with van der Waals surface area (Å²) in [5.41, 5.74) is 5.89. The first kappa shape index (κ1) is 13.1. The predicted molar refractivity (Wildman–Crippen MR) is 86.5 cm³/mol. The monoisotopic (exact) mass is 287 g/mol. The highest BCUT2D eigenvalue weighted by Crippen LogP contribution is 2.42. The van der Waals surface area contributed by atoms with E-state index < -0.39 is 0 Å². The molecule has 2 atom stereocenters. The molecule has 0 saturated heterocycles. The molecule has 0 saturated carbocycles. The third kappa shape index (κ3) is 1.92. The summed E-state index contributed by atoms with van der Waals surface area (Å²) in [6, 6.07) is 19.0. The maximum absolute atomic E-state index is 8.96. The number of benzene rings is 2. The fourth-order valence-electron chi connectivity index (χ4n) is 3.77. The maximum atomic E-state index is 8.96. The second-order valence-electron chi connectivity index (χ2n) is 6.04. The van der Waals surface area contributed by atoms with Crippen LogP contribution in [0.4, 0.5) is 0 Å². The number of hydrazone groups is 1. The standard InChI is InChI=1S/C19H17N3/c1-22-19(15-8-6-13(12-20)7-9-15)17-11-10-14-4-2-3-5-16(14)18(17)21-22/h2-9,17,19H,10-11H2,1H3/t17-,19-/m1/s1. The first-order chi connectivity index (χ1) is 10.8. The van der Waals surface area contributed by atoms with Crippen LogP contribution in [-0.2, 0) is 6.42 Å². The number of aryl methyl sites for hydroxylation is 1. The predicted octanol–water partition coefficient (Wildman–Crippen LogP) is 3.51. The molecule has 0 radical (unpaired) electrons. The summed E-state index contributed by atoms with van der Waals surface area (Å²) < 4.78 is 0. The number of nitrogens with zero attached hydrogens (tertiary/aromatic N) is 3. The van der Waals surface area contributed by atoms with E-state index in [1.54, 1.807) is 0 Å². The largest absolute Gasteiger partial charge is 0.292 e. The molecule has 22 heavy (non-hydrogen) atoms. The molecular weight excluding hydrogens is 270 g/mol. The molecule has 0 unspecified atom stereocenters. The minimum atomic E-state index is 0.274. The van der Waals surface area contributed by atoms with Crippen LogP contribution >= 0.6 is 0 Å². The number of nitriles is 1. The molecule has 3 heteroatoms. The van der Waals surface area contributed by atoms with Crippen LogP contribution in [-0.4, -0.2) is 17.8 Å². The first-order valence-corrected chi connectivity index (χ1v) is 7.67. The van der Waals surface area contributed by atoms with Crippen LogP contribution in [0.1, 0.15) is 34.7 Å². The van der Waals surface area contributed by atoms with E-state index in [-0.39, 0.29) is 6.04 Å². The van der Waals surface area contributed by atoms with Crippen molar-refractivity contribution in [3.05, 3.63) is 70.8 Å². The van der Waals surface area contributed by atoms with Gasteiger partial charge in [0.15, 0.2) is 0 Å². The lowest BCUT2D eigenvalue weighted by Gasteiger charge is -2.29. The Hall–Kier alpha value is -2.60. The summed E-state index contributed by atoms with van der Waals surface area (Å²) in [7, 11) is 2.05. The molecule has 0 amide bonds. The number of hydrogen-bond acceptors (Lipinski definition) is 3. The van der Waals surface area contributed by atoms with Crippen molar-refractivity contribution >= 4 is 5.71 Å². The molecule has 2 aliphatic rings. The minimum Gasteiger partial charge on any atom is -0.292 e. The number of fused-ring (bicyclic) bond motifs is 3. The summed E-state index contributed by atoms with van der Waals surface area (Å²) in [5, 5.41) is 15.9. The van der Waals surface area contributed by atoms with E-state index >= 15 is 0 Å². The Balaban J connectivity index is 1.72. The Morgan fingerprint density at radius 3 is 2.68 bits per heavy atom. The van der Waals surface area contributed by atoms with Gasteiger partial charge in [-0.2, -0.15) is 10.4 Å². The Labute approximate surface area is 130 Å². The Bertz CT molecular complexity index is 783. The topological polar surface area (TPSA) is 39.4 Å². The molecule has 2 aromatic carbocycles. The molecule has 108 valence electrons. The zero-order valence-electron chi connectivity index (χ0n) is 12.5. The maximum Gasteiger partial charge on any atom is 0.0991 e. The highest BCUT2D eigenvalue weighted by atomic mass is 15.5. The second-order valence-corrected chi connectivity index (χ2v) is 6.04. The van der Waals surface area contributed by atoms with Crippen LogP contribution in [0.2, 0.25) is 0 Å². The molecule has 0 fully saturated rings. The van der Waals surface area contributed by atoms with E-state index in [0.717, 1.165) is 12.8 Å². The van der Waals surface area contributed by atoms with Crippen LogP contribution in [0, 0.1) is 17.2 Å². The Morgan fingerprint density at radius 1 is 1.14 bits per heavy atom. The summed E-state index contributed by atoms with van der Waals surface area (Å²) in [4.78, 5) is 0. The van der Waals surface area contributed by atoms with E-state index in [4.69, 9.17) is 10.4 Å². The third-order valence-electron chi connectivity index (χ3n) is 4.80. The van der Waals surface area contributed by atoms with Crippen LogP contribution < -0.4 is 0 Å². The van der Waals surface area contributed by atoms with E-state index in [9.17, 15) is 0 Å². The normalized spacial score (nSPS) is 22.5. The Morgan fingerprint density at radius 2 is 1.91 bits per heavy atom. The van der Waals surface area contributed by atoms with Gasteiger partial charge in [0.1, 0.15) is 0 Å². The summed E-state index contributed by atoms with van der Waals surface area (Å²) >= 11 is 0. The minimum absolute atomic E-state index is 0.274. The van der Waals surface area contributed by atoms with Crippen molar-refractivity contribution in [3.8, 4) is 6.07 Å². The molecule has 0 bridgehead atoms. The van der Waals surface area contributed by atoms with Crippen molar-refractivity contribution in [1.82, 2.24) is 5.01 Å². The summed E-state index contributed by atoms with van der Waals surface area (Å²) in [6.07, 6.45) is 2.24. The van der Waals surface area contributed by atoms with Gasteiger partial charge >= 0.3 is 0 Å². The lowest BCUT2D eigenvalue weighted by atomic mass is 9.77. The van der Waals surface area contributed by atoms with Crippen molar-refractivity contribution in [2.24, 2.45) is 11.0 Å². The third-order valence-corrected chi connectivity index (χ3v) is 4.80. The Kier molecular flexibility index (Phi) is 2.97. The van der Waals surface area contributed by atoms with Crippen molar-refractivity contribution in [2.75, 3.05) is 7.05 Å². The number of hydrogen-bond donors (Lipinski definition) is 0. The van der Waals surface area contributed by atoms with E-state index in [2.05, 4.69) is 54.5 Å². The van der Waals surface area contributed by atoms with Crippen molar-refractivity contribution < 1.29 is 0 Å². The first-order valence-electron chi connectivity index (χ1n) is 7.67. The summed E-state index contributed by atoms with van der Waals surface area (Å²) in [6.45, 7) is 0. The highest BCUT2D eigenvalue weighted by Gasteiger charge is 2.39. The molecule has 1 aliphatic carbocycles. The molecule has 3 nitrogen and oxygen atoms in total. The average Bonchev–Trinajstić information content (AvgIpc) is 2.91. The zero-order valence-corrected chi connectivity index (χ0v) is 12.5. The molecular formula is C19H17N3. The van der Waals surface area contributed by atoms with Crippen LogP contribution in [0.15, 0.2) is 53.6 Å². The van der Waals surface area contributed by atoms with Gasteiger partial charge in [-0.05, 0) is 36.1 Å².